The van der Waals surface area contributed by atoms with Gasteiger partial charge in [0.1, 0.15) is 0 Å². The number of H-pyrrole nitrogens is 1. The molecule has 0 aliphatic carbocycles. The average molecular weight is 246 g/mol. The molecule has 0 bridgehead atoms. The number of hydrogen-bond donors (Lipinski definition) is 2. The van der Waals surface area contributed by atoms with Crippen LogP contribution in [0.1, 0.15) is 15.9 Å². The number of aromatic nitrogens is 2. The molecule has 0 spiro atoms. The van der Waals surface area contributed by atoms with Crippen molar-refractivity contribution in [3.63, 3.8) is 0 Å². The van der Waals surface area contributed by atoms with Crippen molar-refractivity contribution in [3.8, 4) is 0 Å². The summed E-state index contributed by atoms with van der Waals surface area (Å²) in [5, 5.41) is 13.1. The Labute approximate surface area is 102 Å². The Kier molecular flexibility index (Phi) is 3.05. The lowest BCUT2D eigenvalue weighted by Gasteiger charge is -2.05. The van der Waals surface area contributed by atoms with Gasteiger partial charge in [0, 0.05) is 30.1 Å². The Bertz CT molecular complexity index is 592. The molecule has 2 rings (SSSR count). The largest absolute Gasteiger partial charge is 0.331 e. The number of nitro groups is 1. The molecule has 2 aromatic rings. The molecule has 1 heterocycles. The number of nitrogens with zero attached hydrogens (tertiary/aromatic N) is 2. The molecule has 18 heavy (non-hydrogen) atoms. The maximum atomic E-state index is 11.9. The van der Waals surface area contributed by atoms with E-state index in [2.05, 4.69) is 15.3 Å². The summed E-state index contributed by atoms with van der Waals surface area (Å²) in [6.07, 6.45) is 3.09. The average Bonchev–Trinajstić information content (AvgIpc) is 2.81. The van der Waals surface area contributed by atoms with Gasteiger partial charge in [-0.15, -0.1) is 0 Å². The zero-order valence-electron chi connectivity index (χ0n) is 9.51. The van der Waals surface area contributed by atoms with E-state index in [1.807, 2.05) is 0 Å². The summed E-state index contributed by atoms with van der Waals surface area (Å²) in [7, 11) is 0. The highest BCUT2D eigenvalue weighted by Gasteiger charge is 2.14. The minimum Gasteiger partial charge on any atom is -0.331 e. The maximum Gasteiger partial charge on any atom is 0.269 e. The zero-order chi connectivity index (χ0) is 13.1. The van der Waals surface area contributed by atoms with E-state index in [1.165, 1.54) is 24.4 Å². The lowest BCUT2D eigenvalue weighted by molar-refractivity contribution is -0.384. The number of nitrogens with one attached hydrogen (secondary N) is 2. The van der Waals surface area contributed by atoms with E-state index in [0.717, 1.165) is 0 Å². The van der Waals surface area contributed by atoms with E-state index in [1.54, 1.807) is 13.1 Å². The number of rotatable bonds is 3. The maximum absolute atomic E-state index is 11.9. The fourth-order valence-electron chi connectivity index (χ4n) is 1.52. The number of non-ortho nitro benzene ring substituents is 1. The number of carbonyl (C=O) groups is 1. The van der Waals surface area contributed by atoms with Crippen molar-refractivity contribution in [2.24, 2.45) is 0 Å². The van der Waals surface area contributed by atoms with Gasteiger partial charge in [0.15, 0.2) is 0 Å². The topological polar surface area (TPSA) is 101 Å². The summed E-state index contributed by atoms with van der Waals surface area (Å²) in [5.41, 5.74) is 0.868. The Morgan fingerprint density at radius 2 is 2.28 bits per heavy atom. The molecule has 1 aromatic carbocycles. The second-order valence-electron chi connectivity index (χ2n) is 3.65. The van der Waals surface area contributed by atoms with Crippen LogP contribution in [0.4, 0.5) is 11.6 Å². The first kappa shape index (κ1) is 11.8. The van der Waals surface area contributed by atoms with Crippen molar-refractivity contribution in [1.82, 2.24) is 9.97 Å². The molecule has 0 unspecified atom stereocenters. The summed E-state index contributed by atoms with van der Waals surface area (Å²) in [4.78, 5) is 28.6. The third-order valence-electron chi connectivity index (χ3n) is 2.40. The molecule has 1 amide bonds. The molecule has 7 heteroatoms. The number of amides is 1. The number of aryl methyl sites for hydroxylation is 1. The van der Waals surface area contributed by atoms with Gasteiger partial charge in [-0.3, -0.25) is 20.2 Å². The molecule has 0 saturated heterocycles. The quantitative estimate of drug-likeness (QED) is 0.637. The van der Waals surface area contributed by atoms with Crippen LogP contribution in [0, 0.1) is 17.0 Å². The summed E-state index contributed by atoms with van der Waals surface area (Å²) >= 11 is 0. The molecule has 0 aliphatic rings. The van der Waals surface area contributed by atoms with Crippen LogP contribution >= 0.6 is 0 Å². The second kappa shape index (κ2) is 4.66. The standard InChI is InChI=1S/C11H10N4O3/c1-7-6-8(15(17)18)2-3-9(7)10(16)14-11-12-4-5-13-11/h2-6H,1H3,(H2,12,13,14,16). The van der Waals surface area contributed by atoms with Gasteiger partial charge in [0.25, 0.3) is 11.6 Å². The van der Waals surface area contributed by atoms with Gasteiger partial charge in [0.2, 0.25) is 5.95 Å². The van der Waals surface area contributed by atoms with Crippen molar-refractivity contribution in [1.29, 1.82) is 0 Å². The summed E-state index contributed by atoms with van der Waals surface area (Å²) < 4.78 is 0. The Morgan fingerprint density at radius 3 is 2.83 bits per heavy atom. The van der Waals surface area contributed by atoms with E-state index in [4.69, 9.17) is 0 Å². The summed E-state index contributed by atoms with van der Waals surface area (Å²) in [6.45, 7) is 1.64. The minimum absolute atomic E-state index is 0.0398. The van der Waals surface area contributed by atoms with Crippen LogP contribution in [0.25, 0.3) is 0 Å². The van der Waals surface area contributed by atoms with Crippen molar-refractivity contribution in [2.45, 2.75) is 6.92 Å². The molecule has 0 aliphatic heterocycles. The first-order valence-electron chi connectivity index (χ1n) is 5.13. The van der Waals surface area contributed by atoms with E-state index in [9.17, 15) is 14.9 Å². The first-order valence-corrected chi connectivity index (χ1v) is 5.13. The van der Waals surface area contributed by atoms with E-state index in [-0.39, 0.29) is 11.6 Å². The number of imidazole rings is 1. The molecule has 0 fully saturated rings. The fraction of sp³-hybridized carbons (Fsp3) is 0.0909. The van der Waals surface area contributed by atoms with Gasteiger partial charge < -0.3 is 4.98 Å². The van der Waals surface area contributed by atoms with Crippen LogP contribution in [0.5, 0.6) is 0 Å². The molecular weight excluding hydrogens is 236 g/mol. The summed E-state index contributed by atoms with van der Waals surface area (Å²) in [5.74, 6) is -0.0323. The minimum atomic E-state index is -0.499. The van der Waals surface area contributed by atoms with Crippen LogP contribution in [0.15, 0.2) is 30.6 Å². The Balaban J connectivity index is 2.23. The van der Waals surface area contributed by atoms with Crippen molar-refractivity contribution >= 4 is 17.5 Å². The van der Waals surface area contributed by atoms with Gasteiger partial charge in [0.05, 0.1) is 4.92 Å². The SMILES string of the molecule is Cc1cc([N+](=O)[O-])ccc1C(=O)Nc1ncc[nH]1. The lowest BCUT2D eigenvalue weighted by atomic mass is 10.1. The van der Waals surface area contributed by atoms with Crippen molar-refractivity contribution in [3.05, 3.63) is 51.8 Å². The normalized spacial score (nSPS) is 10.1. The number of nitro benzene ring substituents is 1. The molecule has 92 valence electrons. The van der Waals surface area contributed by atoms with Crippen LogP contribution in [0.3, 0.4) is 0 Å². The van der Waals surface area contributed by atoms with Gasteiger partial charge in [-0.1, -0.05) is 0 Å². The molecule has 0 saturated carbocycles. The van der Waals surface area contributed by atoms with E-state index < -0.39 is 4.92 Å². The monoisotopic (exact) mass is 246 g/mol. The number of anilines is 1. The van der Waals surface area contributed by atoms with Gasteiger partial charge in [-0.05, 0) is 18.6 Å². The molecule has 1 aromatic heterocycles. The van der Waals surface area contributed by atoms with Crippen molar-refractivity contribution in [2.75, 3.05) is 5.32 Å². The van der Waals surface area contributed by atoms with Gasteiger partial charge >= 0.3 is 0 Å². The van der Waals surface area contributed by atoms with Crippen LogP contribution in [-0.4, -0.2) is 20.8 Å². The predicted molar refractivity (Wildman–Crippen MR) is 64.4 cm³/mol. The number of aromatic amines is 1. The molecule has 0 atom stereocenters. The summed E-state index contributed by atoms with van der Waals surface area (Å²) in [6, 6.07) is 4.08. The predicted octanol–water partition coefficient (Wildman–Crippen LogP) is 1.88. The van der Waals surface area contributed by atoms with E-state index in [0.29, 0.717) is 17.1 Å². The lowest BCUT2D eigenvalue weighted by Crippen LogP contribution is -2.14. The van der Waals surface area contributed by atoms with Gasteiger partial charge in [-0.25, -0.2) is 4.98 Å². The fourth-order valence-corrected chi connectivity index (χ4v) is 1.52. The number of hydrogen-bond acceptors (Lipinski definition) is 4. The molecule has 0 radical (unpaired) electrons. The number of carbonyl (C=O) groups excluding carboxylic acids is 1. The Hall–Kier alpha value is -2.70. The molecular formula is C11H10N4O3. The number of benzene rings is 1. The third-order valence-corrected chi connectivity index (χ3v) is 2.40. The Morgan fingerprint density at radius 1 is 1.50 bits per heavy atom. The zero-order valence-corrected chi connectivity index (χ0v) is 9.51. The third kappa shape index (κ3) is 2.34. The highest BCUT2D eigenvalue weighted by atomic mass is 16.6. The first-order chi connectivity index (χ1) is 8.58. The smallest absolute Gasteiger partial charge is 0.269 e. The molecule has 7 nitrogen and oxygen atoms in total. The highest BCUT2D eigenvalue weighted by Crippen LogP contribution is 2.17. The van der Waals surface area contributed by atoms with Crippen molar-refractivity contribution < 1.29 is 9.72 Å². The highest BCUT2D eigenvalue weighted by molar-refractivity contribution is 6.04. The van der Waals surface area contributed by atoms with Crippen LogP contribution < -0.4 is 5.32 Å². The second-order valence-corrected chi connectivity index (χ2v) is 3.65. The van der Waals surface area contributed by atoms with E-state index >= 15 is 0 Å². The molecule has 2 N–H and O–H groups in total. The van der Waals surface area contributed by atoms with Crippen LogP contribution in [0.2, 0.25) is 0 Å². The van der Waals surface area contributed by atoms with Crippen LogP contribution in [-0.2, 0) is 0 Å². The van der Waals surface area contributed by atoms with Gasteiger partial charge in [-0.2, -0.15) is 0 Å².